The van der Waals surface area contributed by atoms with Gasteiger partial charge in [-0.3, -0.25) is 9.69 Å². The van der Waals surface area contributed by atoms with Gasteiger partial charge in [-0.1, -0.05) is 30.3 Å². The predicted octanol–water partition coefficient (Wildman–Crippen LogP) is 3.48. The Morgan fingerprint density at radius 3 is 2.53 bits per heavy atom. The average Bonchev–Trinajstić information content (AvgIpc) is 3.23. The van der Waals surface area contributed by atoms with Gasteiger partial charge in [0.1, 0.15) is 5.75 Å². The minimum atomic E-state index is -0.239. The van der Waals surface area contributed by atoms with Gasteiger partial charge in [-0.25, -0.2) is 4.68 Å². The third-order valence-corrected chi connectivity index (χ3v) is 5.31. The van der Waals surface area contributed by atoms with Crippen LogP contribution in [0.5, 0.6) is 5.75 Å². The Morgan fingerprint density at radius 1 is 1.03 bits per heavy atom. The minimum absolute atomic E-state index is 0.112. The standard InChI is InChI=1S/C24H28N6O2/c1-24(2,3)30-22(26-27-28-30)16-29(14-17-8-6-5-7-9-17)15-19-12-18-10-11-20(32-4)13-21(18)25-23(19)31/h5-13H,14-16H2,1-4H3,(H,25,31). The molecule has 0 spiro atoms. The van der Waals surface area contributed by atoms with Crippen LogP contribution in [-0.2, 0) is 25.2 Å². The van der Waals surface area contributed by atoms with E-state index in [0.717, 1.165) is 22.3 Å². The topological polar surface area (TPSA) is 88.9 Å². The molecule has 2 heterocycles. The number of nitrogens with zero attached hydrogens (tertiary/aromatic N) is 5. The molecular formula is C24H28N6O2. The molecule has 0 amide bonds. The molecule has 2 aromatic heterocycles. The second-order valence-corrected chi connectivity index (χ2v) is 8.89. The molecule has 0 atom stereocenters. The van der Waals surface area contributed by atoms with Crippen LogP contribution in [0.1, 0.15) is 37.7 Å². The number of rotatable bonds is 7. The molecule has 0 radical (unpaired) electrons. The van der Waals surface area contributed by atoms with Gasteiger partial charge in [0.15, 0.2) is 5.82 Å². The van der Waals surface area contributed by atoms with E-state index in [1.165, 1.54) is 0 Å². The van der Waals surface area contributed by atoms with Gasteiger partial charge in [0.25, 0.3) is 5.56 Å². The van der Waals surface area contributed by atoms with Crippen molar-refractivity contribution in [2.24, 2.45) is 0 Å². The number of aromatic amines is 1. The Labute approximate surface area is 186 Å². The highest BCUT2D eigenvalue weighted by Gasteiger charge is 2.22. The van der Waals surface area contributed by atoms with Gasteiger partial charge in [-0.2, -0.15) is 0 Å². The number of hydrogen-bond donors (Lipinski definition) is 1. The molecule has 0 aliphatic rings. The number of fused-ring (bicyclic) bond motifs is 1. The number of methoxy groups -OCH3 is 1. The van der Waals surface area contributed by atoms with Crippen LogP contribution >= 0.6 is 0 Å². The summed E-state index contributed by atoms with van der Waals surface area (Å²) < 4.78 is 7.10. The number of H-pyrrole nitrogens is 1. The van der Waals surface area contributed by atoms with Crippen molar-refractivity contribution >= 4 is 10.9 Å². The van der Waals surface area contributed by atoms with Crippen molar-refractivity contribution in [1.82, 2.24) is 30.1 Å². The van der Waals surface area contributed by atoms with Crippen molar-refractivity contribution in [3.05, 3.63) is 81.9 Å². The van der Waals surface area contributed by atoms with Crippen molar-refractivity contribution in [2.75, 3.05) is 7.11 Å². The molecule has 8 nitrogen and oxygen atoms in total. The lowest BCUT2D eigenvalue weighted by Crippen LogP contribution is -2.31. The van der Waals surface area contributed by atoms with Gasteiger partial charge in [0.05, 0.1) is 24.7 Å². The number of nitrogens with one attached hydrogen (secondary N) is 1. The molecule has 32 heavy (non-hydrogen) atoms. The van der Waals surface area contributed by atoms with Gasteiger partial charge in [0.2, 0.25) is 0 Å². The first kappa shape index (κ1) is 21.7. The number of tetrazole rings is 1. The summed E-state index contributed by atoms with van der Waals surface area (Å²) in [7, 11) is 1.61. The highest BCUT2D eigenvalue weighted by molar-refractivity contribution is 5.80. The first-order valence-corrected chi connectivity index (χ1v) is 10.6. The lowest BCUT2D eigenvalue weighted by atomic mass is 10.1. The Balaban J connectivity index is 1.67. The highest BCUT2D eigenvalue weighted by atomic mass is 16.5. The van der Waals surface area contributed by atoms with Crippen molar-refractivity contribution in [1.29, 1.82) is 0 Å². The minimum Gasteiger partial charge on any atom is -0.497 e. The molecule has 4 aromatic rings. The zero-order valence-electron chi connectivity index (χ0n) is 18.9. The SMILES string of the molecule is COc1ccc2cc(CN(Cc3ccccc3)Cc3nnnn3C(C)(C)C)c(=O)[nH]c2c1. The molecule has 0 aliphatic carbocycles. The molecule has 0 bridgehead atoms. The Bertz CT molecular complexity index is 1260. The lowest BCUT2D eigenvalue weighted by molar-refractivity contribution is 0.223. The molecule has 1 N–H and O–H groups in total. The molecule has 8 heteroatoms. The molecule has 4 rings (SSSR count). The molecule has 2 aromatic carbocycles. The molecule has 0 unspecified atom stereocenters. The predicted molar refractivity (Wildman–Crippen MR) is 123 cm³/mol. The van der Waals surface area contributed by atoms with Crippen LogP contribution in [0, 0.1) is 0 Å². The zero-order valence-corrected chi connectivity index (χ0v) is 18.9. The first-order chi connectivity index (χ1) is 15.3. The highest BCUT2D eigenvalue weighted by Crippen LogP contribution is 2.20. The van der Waals surface area contributed by atoms with Crippen molar-refractivity contribution in [3.63, 3.8) is 0 Å². The second kappa shape index (κ2) is 8.92. The quantitative estimate of drug-likeness (QED) is 0.481. The summed E-state index contributed by atoms with van der Waals surface area (Å²) >= 11 is 0. The van der Waals surface area contributed by atoms with Gasteiger partial charge in [-0.15, -0.1) is 5.10 Å². The fraction of sp³-hybridized carbons (Fsp3) is 0.333. The van der Waals surface area contributed by atoms with Gasteiger partial charge in [0, 0.05) is 24.7 Å². The summed E-state index contributed by atoms with van der Waals surface area (Å²) in [6.45, 7) is 7.84. The number of hydrogen-bond acceptors (Lipinski definition) is 6. The Hall–Kier alpha value is -3.52. The van der Waals surface area contributed by atoms with E-state index in [0.29, 0.717) is 30.9 Å². The summed E-state index contributed by atoms with van der Waals surface area (Å²) in [4.78, 5) is 18.1. The molecular weight excluding hydrogens is 404 g/mol. The van der Waals surface area contributed by atoms with Crippen LogP contribution in [0.25, 0.3) is 10.9 Å². The van der Waals surface area contributed by atoms with Crippen LogP contribution in [-0.4, -0.2) is 37.2 Å². The maximum Gasteiger partial charge on any atom is 0.252 e. The Kier molecular flexibility index (Phi) is 6.05. The van der Waals surface area contributed by atoms with Crippen LogP contribution in [0.3, 0.4) is 0 Å². The summed E-state index contributed by atoms with van der Waals surface area (Å²) in [6, 6.07) is 17.8. The average molecular weight is 433 g/mol. The van der Waals surface area contributed by atoms with Crippen LogP contribution in [0.2, 0.25) is 0 Å². The number of benzene rings is 2. The third kappa shape index (κ3) is 4.86. The summed E-state index contributed by atoms with van der Waals surface area (Å²) in [5.41, 5.74) is 2.25. The van der Waals surface area contributed by atoms with Crippen molar-refractivity contribution in [3.8, 4) is 5.75 Å². The molecule has 0 fully saturated rings. The van der Waals surface area contributed by atoms with E-state index in [1.807, 2.05) is 47.1 Å². The smallest absolute Gasteiger partial charge is 0.252 e. The second-order valence-electron chi connectivity index (χ2n) is 8.89. The summed E-state index contributed by atoms with van der Waals surface area (Å²) in [5, 5.41) is 13.3. The third-order valence-electron chi connectivity index (χ3n) is 5.31. The fourth-order valence-electron chi connectivity index (χ4n) is 3.75. The maximum absolute atomic E-state index is 12.9. The number of ether oxygens (including phenoxy) is 1. The van der Waals surface area contributed by atoms with E-state index in [2.05, 4.69) is 58.3 Å². The van der Waals surface area contributed by atoms with Crippen molar-refractivity contribution < 1.29 is 4.74 Å². The summed E-state index contributed by atoms with van der Waals surface area (Å²) in [5.74, 6) is 1.47. The summed E-state index contributed by atoms with van der Waals surface area (Å²) in [6.07, 6.45) is 0. The van der Waals surface area contributed by atoms with E-state index in [-0.39, 0.29) is 11.1 Å². The van der Waals surface area contributed by atoms with E-state index in [9.17, 15) is 4.79 Å². The van der Waals surface area contributed by atoms with E-state index >= 15 is 0 Å². The zero-order chi connectivity index (χ0) is 22.7. The van der Waals surface area contributed by atoms with E-state index in [1.54, 1.807) is 7.11 Å². The number of pyridine rings is 1. The number of aromatic nitrogens is 5. The normalized spacial score (nSPS) is 11.9. The molecule has 0 saturated carbocycles. The van der Waals surface area contributed by atoms with Crippen LogP contribution in [0.4, 0.5) is 0 Å². The van der Waals surface area contributed by atoms with Gasteiger partial charge in [-0.05, 0) is 60.3 Å². The van der Waals surface area contributed by atoms with Gasteiger partial charge >= 0.3 is 0 Å². The fourth-order valence-corrected chi connectivity index (χ4v) is 3.75. The van der Waals surface area contributed by atoms with E-state index in [4.69, 9.17) is 4.74 Å². The van der Waals surface area contributed by atoms with E-state index < -0.39 is 0 Å². The van der Waals surface area contributed by atoms with Crippen LogP contribution in [0.15, 0.2) is 59.4 Å². The first-order valence-electron chi connectivity index (χ1n) is 10.6. The molecule has 166 valence electrons. The van der Waals surface area contributed by atoms with Crippen molar-refractivity contribution in [2.45, 2.75) is 45.9 Å². The monoisotopic (exact) mass is 432 g/mol. The largest absolute Gasteiger partial charge is 0.497 e. The lowest BCUT2D eigenvalue weighted by Gasteiger charge is -2.25. The molecule has 0 saturated heterocycles. The maximum atomic E-state index is 12.9. The molecule has 0 aliphatic heterocycles. The van der Waals surface area contributed by atoms with Crippen LogP contribution < -0.4 is 10.3 Å². The Morgan fingerprint density at radius 2 is 1.81 bits per heavy atom. The van der Waals surface area contributed by atoms with Gasteiger partial charge < -0.3 is 9.72 Å².